The summed E-state index contributed by atoms with van der Waals surface area (Å²) in [5.41, 5.74) is 1.63. The standard InChI is InChI=1S/C23H26N4O6.ClH/c1-5-32-22(28)21-18(12-26-10-9-24-13-26)25-15(4)19(23(29)33-14(2)3)20(21)16-7-6-8-17(11-16)27(30)31;/h6-11,13-14,20,25H,5,12H2,1-4H3;1H. The van der Waals surface area contributed by atoms with E-state index in [2.05, 4.69) is 10.3 Å². The average molecular weight is 491 g/mol. The summed E-state index contributed by atoms with van der Waals surface area (Å²) in [6.45, 7) is 7.21. The fourth-order valence-electron chi connectivity index (χ4n) is 3.73. The topological polar surface area (TPSA) is 126 Å². The number of dihydropyridines is 1. The fourth-order valence-corrected chi connectivity index (χ4v) is 3.73. The molecule has 0 fully saturated rings. The zero-order chi connectivity index (χ0) is 24.1. The predicted octanol–water partition coefficient (Wildman–Crippen LogP) is 3.64. The lowest BCUT2D eigenvalue weighted by Gasteiger charge is -2.32. The second-order valence-electron chi connectivity index (χ2n) is 7.75. The van der Waals surface area contributed by atoms with Crippen molar-refractivity contribution in [3.63, 3.8) is 0 Å². The molecule has 34 heavy (non-hydrogen) atoms. The molecule has 3 rings (SSSR count). The number of ether oxygens (including phenoxy) is 2. The van der Waals surface area contributed by atoms with Crippen LogP contribution in [-0.4, -0.2) is 39.1 Å². The molecule has 0 saturated carbocycles. The molecule has 2 aromatic rings. The zero-order valence-electron chi connectivity index (χ0n) is 19.3. The SMILES string of the molecule is CCOC(=O)C1=C(Cn2ccnc2)NC(C)=C(C(=O)OC(C)C)C1c1cccc([N+](=O)[O-])c1.Cl. The number of nitrogens with zero attached hydrogens (tertiary/aromatic N) is 3. The summed E-state index contributed by atoms with van der Waals surface area (Å²) >= 11 is 0. The van der Waals surface area contributed by atoms with Crippen molar-refractivity contribution in [2.75, 3.05) is 6.61 Å². The third-order valence-corrected chi connectivity index (χ3v) is 5.02. The second-order valence-corrected chi connectivity index (χ2v) is 7.75. The lowest BCUT2D eigenvalue weighted by molar-refractivity contribution is -0.384. The number of hydrogen-bond donors (Lipinski definition) is 1. The summed E-state index contributed by atoms with van der Waals surface area (Å²) in [5.74, 6) is -2.16. The molecular weight excluding hydrogens is 464 g/mol. The summed E-state index contributed by atoms with van der Waals surface area (Å²) in [6, 6.07) is 5.88. The molecule has 182 valence electrons. The Labute approximate surface area is 203 Å². The molecule has 1 aromatic heterocycles. The van der Waals surface area contributed by atoms with Crippen LogP contribution in [0.2, 0.25) is 0 Å². The highest BCUT2D eigenvalue weighted by atomic mass is 35.5. The summed E-state index contributed by atoms with van der Waals surface area (Å²) in [7, 11) is 0. The maximum Gasteiger partial charge on any atom is 0.337 e. The number of carbonyl (C=O) groups is 2. The van der Waals surface area contributed by atoms with Crippen LogP contribution in [0.15, 0.2) is 65.5 Å². The quantitative estimate of drug-likeness (QED) is 0.337. The maximum atomic E-state index is 13.2. The van der Waals surface area contributed by atoms with E-state index < -0.39 is 28.9 Å². The van der Waals surface area contributed by atoms with E-state index in [0.717, 1.165) is 0 Å². The Kier molecular flexibility index (Phi) is 8.97. The first kappa shape index (κ1) is 26.6. The number of allylic oxidation sites excluding steroid dienone is 2. The van der Waals surface area contributed by atoms with E-state index in [0.29, 0.717) is 17.0 Å². The van der Waals surface area contributed by atoms with Gasteiger partial charge in [-0.1, -0.05) is 12.1 Å². The van der Waals surface area contributed by atoms with Gasteiger partial charge in [0, 0.05) is 35.9 Å². The molecule has 1 atom stereocenters. The second kappa shape index (κ2) is 11.5. The van der Waals surface area contributed by atoms with Crippen molar-refractivity contribution in [2.45, 2.75) is 46.3 Å². The number of non-ortho nitro benzene ring substituents is 1. The summed E-state index contributed by atoms with van der Waals surface area (Å²) in [4.78, 5) is 41.3. The largest absolute Gasteiger partial charge is 0.463 e. The fraction of sp³-hybridized carbons (Fsp3) is 0.348. The van der Waals surface area contributed by atoms with Crippen LogP contribution in [0, 0.1) is 10.1 Å². The van der Waals surface area contributed by atoms with E-state index in [1.165, 1.54) is 18.2 Å². The van der Waals surface area contributed by atoms with Crippen LogP contribution in [-0.2, 0) is 25.6 Å². The number of nitrogens with one attached hydrogen (secondary N) is 1. The molecule has 0 spiro atoms. The van der Waals surface area contributed by atoms with E-state index >= 15 is 0 Å². The summed E-state index contributed by atoms with van der Waals surface area (Å²) < 4.78 is 12.6. The molecule has 0 saturated heterocycles. The van der Waals surface area contributed by atoms with Gasteiger partial charge in [-0.3, -0.25) is 10.1 Å². The Morgan fingerprint density at radius 1 is 1.26 bits per heavy atom. The van der Waals surface area contributed by atoms with Crippen molar-refractivity contribution in [3.8, 4) is 0 Å². The van der Waals surface area contributed by atoms with E-state index in [-0.39, 0.29) is 42.4 Å². The number of benzene rings is 1. The molecule has 1 aliphatic heterocycles. The highest BCUT2D eigenvalue weighted by Crippen LogP contribution is 2.40. The number of halogens is 1. The number of esters is 2. The van der Waals surface area contributed by atoms with Gasteiger partial charge < -0.3 is 19.4 Å². The lowest BCUT2D eigenvalue weighted by atomic mass is 9.80. The van der Waals surface area contributed by atoms with E-state index in [9.17, 15) is 19.7 Å². The Bertz CT molecular complexity index is 1120. The highest BCUT2D eigenvalue weighted by Gasteiger charge is 2.39. The monoisotopic (exact) mass is 490 g/mol. The van der Waals surface area contributed by atoms with Crippen molar-refractivity contribution in [3.05, 3.63) is 81.2 Å². The first-order valence-electron chi connectivity index (χ1n) is 10.5. The van der Waals surface area contributed by atoms with Gasteiger partial charge >= 0.3 is 11.9 Å². The molecule has 1 aromatic carbocycles. The van der Waals surface area contributed by atoms with E-state index in [1.54, 1.807) is 57.0 Å². The summed E-state index contributed by atoms with van der Waals surface area (Å²) in [6.07, 6.45) is 4.55. The zero-order valence-corrected chi connectivity index (χ0v) is 20.1. The Hall–Kier alpha value is -3.66. The highest BCUT2D eigenvalue weighted by molar-refractivity contribution is 6.00. The number of imidazole rings is 1. The minimum atomic E-state index is -0.921. The van der Waals surface area contributed by atoms with Gasteiger partial charge in [-0.15, -0.1) is 12.4 Å². The molecule has 10 nitrogen and oxygen atoms in total. The minimum absolute atomic E-state index is 0. The average Bonchev–Trinajstić information content (AvgIpc) is 3.26. The van der Waals surface area contributed by atoms with Crippen LogP contribution in [0.4, 0.5) is 5.69 Å². The normalized spacial score (nSPS) is 15.5. The van der Waals surface area contributed by atoms with Crippen molar-refractivity contribution >= 4 is 30.0 Å². The molecular formula is C23H27ClN4O6. The van der Waals surface area contributed by atoms with Crippen molar-refractivity contribution in [1.29, 1.82) is 0 Å². The number of hydrogen-bond acceptors (Lipinski definition) is 8. The Morgan fingerprint density at radius 3 is 2.59 bits per heavy atom. The Morgan fingerprint density at radius 2 is 2.00 bits per heavy atom. The Balaban J connectivity index is 0.00000408. The van der Waals surface area contributed by atoms with Gasteiger partial charge in [-0.2, -0.15) is 0 Å². The predicted molar refractivity (Wildman–Crippen MR) is 126 cm³/mol. The third kappa shape index (κ3) is 5.82. The van der Waals surface area contributed by atoms with Gasteiger partial charge in [0.2, 0.25) is 0 Å². The molecule has 0 bridgehead atoms. The first-order chi connectivity index (χ1) is 15.7. The van der Waals surface area contributed by atoms with Crippen LogP contribution < -0.4 is 5.32 Å². The number of nitro benzene ring substituents is 1. The van der Waals surface area contributed by atoms with Gasteiger partial charge in [0.05, 0.1) is 47.6 Å². The van der Waals surface area contributed by atoms with Crippen LogP contribution in [0.3, 0.4) is 0 Å². The molecule has 2 heterocycles. The van der Waals surface area contributed by atoms with Gasteiger partial charge in [-0.05, 0) is 33.3 Å². The van der Waals surface area contributed by atoms with Crippen LogP contribution in [0.25, 0.3) is 0 Å². The van der Waals surface area contributed by atoms with Gasteiger partial charge in [0.25, 0.3) is 5.69 Å². The molecule has 0 radical (unpaired) electrons. The minimum Gasteiger partial charge on any atom is -0.463 e. The van der Waals surface area contributed by atoms with Crippen LogP contribution in [0.1, 0.15) is 39.2 Å². The smallest absolute Gasteiger partial charge is 0.337 e. The van der Waals surface area contributed by atoms with Crippen LogP contribution in [0.5, 0.6) is 0 Å². The molecule has 1 aliphatic rings. The van der Waals surface area contributed by atoms with Crippen LogP contribution >= 0.6 is 12.4 Å². The van der Waals surface area contributed by atoms with Crippen molar-refractivity contribution in [2.24, 2.45) is 0 Å². The lowest BCUT2D eigenvalue weighted by Crippen LogP contribution is -2.35. The van der Waals surface area contributed by atoms with Crippen molar-refractivity contribution in [1.82, 2.24) is 14.9 Å². The number of aromatic nitrogens is 2. The molecule has 0 amide bonds. The molecule has 0 aliphatic carbocycles. The van der Waals surface area contributed by atoms with Gasteiger partial charge in [-0.25, -0.2) is 14.6 Å². The maximum absolute atomic E-state index is 13.2. The van der Waals surface area contributed by atoms with Gasteiger partial charge in [0.1, 0.15) is 0 Å². The summed E-state index contributed by atoms with van der Waals surface area (Å²) in [5, 5.41) is 14.6. The van der Waals surface area contributed by atoms with E-state index in [1.807, 2.05) is 0 Å². The third-order valence-electron chi connectivity index (χ3n) is 5.02. The first-order valence-corrected chi connectivity index (χ1v) is 10.5. The molecule has 11 heteroatoms. The number of nitro groups is 1. The van der Waals surface area contributed by atoms with Gasteiger partial charge in [0.15, 0.2) is 0 Å². The van der Waals surface area contributed by atoms with Crippen molar-refractivity contribution < 1.29 is 24.0 Å². The number of carbonyl (C=O) groups excluding carboxylic acids is 2. The number of rotatable bonds is 8. The molecule has 1 unspecified atom stereocenters. The van der Waals surface area contributed by atoms with E-state index in [4.69, 9.17) is 9.47 Å². The molecule has 1 N–H and O–H groups in total.